The van der Waals surface area contributed by atoms with Gasteiger partial charge in [0.1, 0.15) is 11.5 Å². The highest BCUT2D eigenvalue weighted by molar-refractivity contribution is 6.40. The van der Waals surface area contributed by atoms with Crippen molar-refractivity contribution >= 4 is 7.12 Å². The molecule has 0 aliphatic rings. The molecule has 0 heterocycles. The van der Waals surface area contributed by atoms with Crippen molar-refractivity contribution in [2.75, 3.05) is 13.7 Å². The third-order valence-corrected chi connectivity index (χ3v) is 3.10. The molecule has 1 aromatic rings. The maximum atomic E-state index is 8.72. The lowest BCUT2D eigenvalue weighted by Gasteiger charge is -2.12. The molecule has 0 radical (unpaired) electrons. The maximum Gasteiger partial charge on any atom is 0.451 e. The summed E-state index contributed by atoms with van der Waals surface area (Å²) in [6.45, 7) is 0.579. The van der Waals surface area contributed by atoms with Crippen molar-refractivity contribution in [1.29, 1.82) is 0 Å². The average Bonchev–Trinajstić information content (AvgIpc) is 2.44. The molecule has 20 heavy (non-hydrogen) atoms. The number of benzene rings is 1. The van der Waals surface area contributed by atoms with E-state index in [9.17, 15) is 0 Å². The number of rotatable bonds is 10. The Hall–Kier alpha value is -1.24. The summed E-state index contributed by atoms with van der Waals surface area (Å²) in [4.78, 5) is 0. The van der Waals surface area contributed by atoms with Crippen LogP contribution in [0.15, 0.2) is 24.3 Å². The van der Waals surface area contributed by atoms with Gasteiger partial charge in [0.2, 0.25) is 0 Å². The minimum absolute atomic E-state index is 0.0871. The molecule has 6 heteroatoms. The molecule has 0 aliphatic heterocycles. The van der Waals surface area contributed by atoms with Crippen molar-refractivity contribution in [2.24, 2.45) is 5.73 Å². The zero-order chi connectivity index (χ0) is 14.8. The Morgan fingerprint density at radius 1 is 1.10 bits per heavy atom. The van der Waals surface area contributed by atoms with E-state index < -0.39 is 7.12 Å². The topological polar surface area (TPSA) is 84.9 Å². The monoisotopic (exact) mass is 281 g/mol. The lowest BCUT2D eigenvalue weighted by atomic mass is 9.83. The van der Waals surface area contributed by atoms with E-state index in [0.717, 1.165) is 37.2 Å². The van der Waals surface area contributed by atoms with Crippen LogP contribution in [0, 0.1) is 0 Å². The number of methoxy groups -OCH3 is 1. The summed E-state index contributed by atoms with van der Waals surface area (Å²) in [5.74, 6) is 1.61. The molecule has 0 aromatic heterocycles. The highest BCUT2D eigenvalue weighted by atomic mass is 16.5. The lowest BCUT2D eigenvalue weighted by molar-refractivity contribution is 0.292. The molecule has 112 valence electrons. The summed E-state index contributed by atoms with van der Waals surface area (Å²) < 4.78 is 10.7. The molecule has 1 unspecified atom stereocenters. The van der Waals surface area contributed by atoms with Gasteiger partial charge in [-0.1, -0.05) is 12.8 Å². The number of unbranched alkanes of at least 4 members (excludes halogenated alkanes) is 1. The van der Waals surface area contributed by atoms with Crippen LogP contribution in [-0.4, -0.2) is 36.9 Å². The van der Waals surface area contributed by atoms with Gasteiger partial charge >= 0.3 is 7.12 Å². The van der Waals surface area contributed by atoms with Crippen molar-refractivity contribution in [1.82, 2.24) is 0 Å². The van der Waals surface area contributed by atoms with Crippen LogP contribution in [0.25, 0.3) is 0 Å². The van der Waals surface area contributed by atoms with E-state index in [-0.39, 0.29) is 6.04 Å². The van der Waals surface area contributed by atoms with E-state index in [1.54, 1.807) is 7.11 Å². The first-order valence-electron chi connectivity index (χ1n) is 7.00. The van der Waals surface area contributed by atoms with Gasteiger partial charge in [-0.25, -0.2) is 0 Å². The van der Waals surface area contributed by atoms with E-state index >= 15 is 0 Å². The van der Waals surface area contributed by atoms with Gasteiger partial charge in [0.05, 0.1) is 13.7 Å². The number of nitrogens with two attached hydrogens (primary N) is 1. The third kappa shape index (κ3) is 7.38. The first-order chi connectivity index (χ1) is 9.61. The maximum absolute atomic E-state index is 8.72. The Bertz CT molecular complexity index is 359. The zero-order valence-corrected chi connectivity index (χ0v) is 12.0. The normalized spacial score (nSPS) is 12.0. The summed E-state index contributed by atoms with van der Waals surface area (Å²) in [5.41, 5.74) is 5.98. The average molecular weight is 281 g/mol. The Morgan fingerprint density at radius 2 is 1.75 bits per heavy atom. The molecule has 5 nitrogen and oxygen atoms in total. The molecule has 1 rings (SSSR count). The number of hydrogen-bond acceptors (Lipinski definition) is 5. The predicted molar refractivity (Wildman–Crippen MR) is 79.9 cm³/mol. The molecule has 1 aromatic carbocycles. The van der Waals surface area contributed by atoms with Crippen LogP contribution in [0.5, 0.6) is 11.5 Å². The van der Waals surface area contributed by atoms with Crippen molar-refractivity contribution in [3.05, 3.63) is 24.3 Å². The van der Waals surface area contributed by atoms with E-state index in [0.29, 0.717) is 12.9 Å². The standard InChI is InChI=1S/C14H24BNO4/c1-19-13-5-7-14(8-6-13)20-11-9-12(16)4-2-3-10-15(17)18/h5-8,12,17-18H,2-4,9-11,16H2,1H3. The second-order valence-electron chi connectivity index (χ2n) is 4.84. The SMILES string of the molecule is COc1ccc(OCCC(N)CCCCB(O)O)cc1. The van der Waals surface area contributed by atoms with Crippen molar-refractivity contribution in [3.63, 3.8) is 0 Å². The van der Waals surface area contributed by atoms with Crippen molar-refractivity contribution < 1.29 is 19.5 Å². The molecule has 0 saturated carbocycles. The molecule has 0 aliphatic carbocycles. The molecular formula is C14H24BNO4. The summed E-state index contributed by atoms with van der Waals surface area (Å²) in [6, 6.07) is 7.54. The first-order valence-corrected chi connectivity index (χ1v) is 7.00. The highest BCUT2D eigenvalue weighted by Crippen LogP contribution is 2.17. The van der Waals surface area contributed by atoms with Crippen molar-refractivity contribution in [2.45, 2.75) is 38.0 Å². The van der Waals surface area contributed by atoms with Crippen LogP contribution in [0.4, 0.5) is 0 Å². The molecule has 0 bridgehead atoms. The van der Waals surface area contributed by atoms with Crippen LogP contribution in [0.1, 0.15) is 25.7 Å². The molecule has 0 fully saturated rings. The fourth-order valence-corrected chi connectivity index (χ4v) is 1.88. The predicted octanol–water partition coefficient (Wildman–Crippen LogP) is 1.43. The second kappa shape index (κ2) is 9.63. The Balaban J connectivity index is 2.10. The van der Waals surface area contributed by atoms with E-state index in [4.69, 9.17) is 25.3 Å². The second-order valence-corrected chi connectivity index (χ2v) is 4.84. The summed E-state index contributed by atoms with van der Waals surface area (Å²) in [5, 5.41) is 17.4. The lowest BCUT2D eigenvalue weighted by Crippen LogP contribution is -2.22. The van der Waals surface area contributed by atoms with E-state index in [2.05, 4.69) is 0 Å². The fourth-order valence-electron chi connectivity index (χ4n) is 1.88. The molecule has 4 N–H and O–H groups in total. The van der Waals surface area contributed by atoms with Gasteiger partial charge in [-0.3, -0.25) is 0 Å². The van der Waals surface area contributed by atoms with Crippen LogP contribution in [-0.2, 0) is 0 Å². The third-order valence-electron chi connectivity index (χ3n) is 3.10. The van der Waals surface area contributed by atoms with Gasteiger partial charge in [0, 0.05) is 6.04 Å². The Labute approximate surface area is 120 Å². The van der Waals surface area contributed by atoms with Gasteiger partial charge in [-0.15, -0.1) is 0 Å². The molecule has 0 amide bonds. The number of hydrogen-bond donors (Lipinski definition) is 3. The fraction of sp³-hybridized carbons (Fsp3) is 0.571. The summed E-state index contributed by atoms with van der Waals surface area (Å²) >= 11 is 0. The van der Waals surface area contributed by atoms with Gasteiger partial charge in [-0.2, -0.15) is 0 Å². The van der Waals surface area contributed by atoms with Crippen LogP contribution >= 0.6 is 0 Å². The minimum atomic E-state index is -1.20. The zero-order valence-electron chi connectivity index (χ0n) is 12.0. The van der Waals surface area contributed by atoms with Crippen LogP contribution in [0.3, 0.4) is 0 Å². The molecule has 0 spiro atoms. The molecular weight excluding hydrogens is 257 g/mol. The molecule has 1 atom stereocenters. The molecule has 0 saturated heterocycles. The van der Waals surface area contributed by atoms with E-state index in [1.807, 2.05) is 24.3 Å². The van der Waals surface area contributed by atoms with E-state index in [1.165, 1.54) is 0 Å². The quantitative estimate of drug-likeness (QED) is 0.446. The highest BCUT2D eigenvalue weighted by Gasteiger charge is 2.07. The van der Waals surface area contributed by atoms with Gasteiger partial charge in [0.25, 0.3) is 0 Å². The van der Waals surface area contributed by atoms with Crippen LogP contribution in [0.2, 0.25) is 6.32 Å². The largest absolute Gasteiger partial charge is 0.497 e. The van der Waals surface area contributed by atoms with Gasteiger partial charge in [0.15, 0.2) is 0 Å². The Morgan fingerprint density at radius 3 is 2.35 bits per heavy atom. The van der Waals surface area contributed by atoms with Gasteiger partial charge in [-0.05, 0) is 43.4 Å². The summed E-state index contributed by atoms with van der Waals surface area (Å²) in [7, 11) is 0.426. The summed E-state index contributed by atoms with van der Waals surface area (Å²) in [6.07, 6.45) is 3.76. The first kappa shape index (κ1) is 16.8. The smallest absolute Gasteiger partial charge is 0.451 e. The van der Waals surface area contributed by atoms with Crippen LogP contribution < -0.4 is 15.2 Å². The Kier molecular flexibility index (Phi) is 8.10. The van der Waals surface area contributed by atoms with Gasteiger partial charge < -0.3 is 25.3 Å². The minimum Gasteiger partial charge on any atom is -0.497 e. The van der Waals surface area contributed by atoms with Crippen molar-refractivity contribution in [3.8, 4) is 11.5 Å². The number of ether oxygens (including phenoxy) is 2.